The number of unbranched alkanes of at least 4 members (excludes halogenated alkanes) is 29. The van der Waals surface area contributed by atoms with Gasteiger partial charge >= 0.3 is 5.97 Å². The van der Waals surface area contributed by atoms with Crippen molar-refractivity contribution in [3.63, 3.8) is 0 Å². The van der Waals surface area contributed by atoms with Crippen molar-refractivity contribution in [2.75, 3.05) is 40.9 Å². The quantitative estimate of drug-likeness (QED) is 0.0212. The highest BCUT2D eigenvalue weighted by atomic mass is 31.2. The Balaban J connectivity index is 5.20. The van der Waals surface area contributed by atoms with Crippen molar-refractivity contribution in [2.24, 2.45) is 0 Å². The van der Waals surface area contributed by atoms with E-state index in [0.29, 0.717) is 17.4 Å². The lowest BCUT2D eigenvalue weighted by atomic mass is 10.0. The molecule has 0 aromatic carbocycles. The maximum Gasteiger partial charge on any atom is 0.306 e. The highest BCUT2D eigenvalue weighted by Gasteiger charge is 2.27. The highest BCUT2D eigenvalue weighted by Crippen LogP contribution is 2.38. The molecule has 0 bridgehead atoms. The summed E-state index contributed by atoms with van der Waals surface area (Å²) in [6, 6.07) is -0.905. The number of amides is 1. The maximum absolute atomic E-state index is 13.6. The first-order valence-electron chi connectivity index (χ1n) is 34.2. The molecule has 0 radical (unpaired) electrons. The van der Waals surface area contributed by atoms with E-state index in [9.17, 15) is 19.0 Å². The minimum atomic E-state index is -4.72. The number of phosphoric ester groups is 1. The molecule has 0 saturated carbocycles. The fourth-order valence-corrected chi connectivity index (χ4v) is 10.2. The van der Waals surface area contributed by atoms with Gasteiger partial charge in [0.05, 0.1) is 33.8 Å². The molecule has 0 fully saturated rings. The van der Waals surface area contributed by atoms with Gasteiger partial charge in [-0.3, -0.25) is 14.2 Å². The standard InChI is InChI=1S/C73H129N2O7P/c1-7-10-13-16-19-22-25-28-30-32-34-35-36-37-38-39-41-43-45-48-51-54-57-60-63-66-73(77)82-71(64-61-58-55-52-49-46-27-24-21-18-15-12-9-3)70(69-81-83(78,79)80-68-67-75(4,5)6)74-72(76)65-62-59-56-53-50-47-44-42-40-33-31-29-26-23-20-17-14-11-8-2/h10,13,19-20,22-23,28-31,34-35,37-38,40,42,61,64,70-71H,7-9,11-12,14-18,21,24-27,32-33,36,39,41,43-60,62-63,65-69H2,1-6H3,(H-,74,76,78,79)/b13-10-,22-19-,23-20-,30-28-,31-29-,35-34-,38-37-,42-40-,64-61-. The van der Waals surface area contributed by atoms with Crippen LogP contribution in [0.3, 0.4) is 0 Å². The van der Waals surface area contributed by atoms with Crippen LogP contribution in [0.4, 0.5) is 0 Å². The predicted molar refractivity (Wildman–Crippen MR) is 357 cm³/mol. The Morgan fingerprint density at radius 3 is 1.18 bits per heavy atom. The number of allylic oxidation sites excluding steroid dienone is 17. The van der Waals surface area contributed by atoms with E-state index in [2.05, 4.69) is 123 Å². The zero-order chi connectivity index (χ0) is 60.7. The summed E-state index contributed by atoms with van der Waals surface area (Å²) in [5.41, 5.74) is 0. The molecule has 0 aliphatic heterocycles. The molecule has 0 rings (SSSR count). The van der Waals surface area contributed by atoms with Crippen LogP contribution in [0.1, 0.15) is 290 Å². The van der Waals surface area contributed by atoms with E-state index in [1.165, 1.54) is 116 Å². The summed E-state index contributed by atoms with van der Waals surface area (Å²) < 4.78 is 30.4. The third kappa shape index (κ3) is 63.0. The van der Waals surface area contributed by atoms with Gasteiger partial charge < -0.3 is 28.5 Å². The maximum atomic E-state index is 13.6. The zero-order valence-electron chi connectivity index (χ0n) is 54.6. The molecule has 1 N–H and O–H groups in total. The van der Waals surface area contributed by atoms with E-state index < -0.39 is 26.6 Å². The van der Waals surface area contributed by atoms with Crippen LogP contribution >= 0.6 is 7.82 Å². The second-order valence-electron chi connectivity index (χ2n) is 23.9. The summed E-state index contributed by atoms with van der Waals surface area (Å²) in [6.45, 7) is 6.70. The molecule has 0 spiro atoms. The molecule has 3 unspecified atom stereocenters. The fraction of sp³-hybridized carbons (Fsp3) is 0.726. The Kier molecular flexibility index (Phi) is 59.3. The summed E-state index contributed by atoms with van der Waals surface area (Å²) in [5.74, 6) is -0.563. The van der Waals surface area contributed by atoms with Crippen LogP contribution < -0.4 is 10.2 Å². The van der Waals surface area contributed by atoms with Crippen LogP contribution in [-0.4, -0.2) is 69.4 Å². The van der Waals surface area contributed by atoms with Gasteiger partial charge in [0.2, 0.25) is 5.91 Å². The number of carbonyl (C=O) groups excluding carboxylic acids is 2. The Labute approximate surface area is 512 Å². The predicted octanol–water partition coefficient (Wildman–Crippen LogP) is 21.0. The molecule has 1 amide bonds. The van der Waals surface area contributed by atoms with E-state index in [0.717, 1.165) is 141 Å². The normalized spacial score (nSPS) is 14.3. The van der Waals surface area contributed by atoms with Gasteiger partial charge in [-0.2, -0.15) is 0 Å². The lowest BCUT2D eigenvalue weighted by molar-refractivity contribution is -0.870. The molecule has 0 aliphatic rings. The highest BCUT2D eigenvalue weighted by molar-refractivity contribution is 7.45. The molecular formula is C73H129N2O7P. The van der Waals surface area contributed by atoms with Gasteiger partial charge in [0, 0.05) is 12.8 Å². The van der Waals surface area contributed by atoms with Crippen LogP contribution in [-0.2, 0) is 27.9 Å². The number of likely N-dealkylation sites (N-methyl/N-ethyl adjacent to an activating group) is 1. The summed E-state index contributed by atoms with van der Waals surface area (Å²) in [4.78, 5) is 40.2. The summed E-state index contributed by atoms with van der Waals surface area (Å²) in [7, 11) is 1.16. The first kappa shape index (κ1) is 79.7. The molecule has 9 nitrogen and oxygen atoms in total. The minimum Gasteiger partial charge on any atom is -0.756 e. The monoisotopic (exact) mass is 1180 g/mol. The van der Waals surface area contributed by atoms with Gasteiger partial charge in [-0.05, 0) is 115 Å². The lowest BCUT2D eigenvalue weighted by Crippen LogP contribution is -2.47. The van der Waals surface area contributed by atoms with Crippen molar-refractivity contribution in [2.45, 2.75) is 303 Å². The van der Waals surface area contributed by atoms with Gasteiger partial charge in [0.1, 0.15) is 19.3 Å². The topological polar surface area (TPSA) is 114 Å². The van der Waals surface area contributed by atoms with Gasteiger partial charge in [-0.1, -0.05) is 272 Å². The lowest BCUT2D eigenvalue weighted by Gasteiger charge is -2.30. The molecule has 83 heavy (non-hydrogen) atoms. The molecule has 10 heteroatoms. The van der Waals surface area contributed by atoms with Gasteiger partial charge in [0.15, 0.2) is 0 Å². The Hall–Kier alpha value is -3.33. The third-order valence-electron chi connectivity index (χ3n) is 14.7. The van der Waals surface area contributed by atoms with E-state index in [-0.39, 0.29) is 24.9 Å². The average molecular weight is 1180 g/mol. The van der Waals surface area contributed by atoms with Crippen molar-refractivity contribution in [3.8, 4) is 0 Å². The summed E-state index contributed by atoms with van der Waals surface area (Å²) in [5, 5.41) is 3.03. The third-order valence-corrected chi connectivity index (χ3v) is 15.7. The number of nitrogens with one attached hydrogen (secondary N) is 1. The number of quaternary nitrogens is 1. The van der Waals surface area contributed by atoms with Gasteiger partial charge in [0.25, 0.3) is 7.82 Å². The smallest absolute Gasteiger partial charge is 0.306 e. The molecule has 3 atom stereocenters. The van der Waals surface area contributed by atoms with Crippen LogP contribution in [0.25, 0.3) is 0 Å². The van der Waals surface area contributed by atoms with Crippen molar-refractivity contribution in [3.05, 3.63) is 109 Å². The number of ether oxygens (including phenoxy) is 1. The van der Waals surface area contributed by atoms with Gasteiger partial charge in [-0.15, -0.1) is 0 Å². The molecule has 478 valence electrons. The Morgan fingerprint density at radius 1 is 0.434 bits per heavy atom. The molecule has 0 aliphatic carbocycles. The minimum absolute atomic E-state index is 0.0309. The van der Waals surface area contributed by atoms with Crippen LogP contribution in [0, 0.1) is 0 Å². The Morgan fingerprint density at radius 2 is 0.771 bits per heavy atom. The Bertz CT molecular complexity index is 1790. The largest absolute Gasteiger partial charge is 0.756 e. The molecule has 0 aromatic heterocycles. The van der Waals surface area contributed by atoms with Crippen molar-refractivity contribution in [1.29, 1.82) is 0 Å². The number of hydrogen-bond donors (Lipinski definition) is 1. The second-order valence-corrected chi connectivity index (χ2v) is 25.4. The van der Waals surface area contributed by atoms with E-state index in [4.69, 9.17) is 13.8 Å². The van der Waals surface area contributed by atoms with Crippen LogP contribution in [0.15, 0.2) is 109 Å². The van der Waals surface area contributed by atoms with Crippen molar-refractivity contribution >= 4 is 19.7 Å². The van der Waals surface area contributed by atoms with E-state index in [1.807, 2.05) is 33.3 Å². The number of hydrogen-bond acceptors (Lipinski definition) is 7. The van der Waals surface area contributed by atoms with Gasteiger partial charge in [-0.25, -0.2) is 0 Å². The summed E-state index contributed by atoms with van der Waals surface area (Å²) in [6.07, 6.45) is 84.8. The zero-order valence-corrected chi connectivity index (χ0v) is 55.5. The number of rotatable bonds is 61. The molecule has 0 saturated heterocycles. The van der Waals surface area contributed by atoms with E-state index in [1.54, 1.807) is 0 Å². The number of nitrogens with zero attached hydrogens (tertiary/aromatic N) is 1. The average Bonchev–Trinajstić information content (AvgIpc) is 3.46. The molecular weight excluding hydrogens is 1050 g/mol. The molecule has 0 aromatic rings. The SMILES string of the molecule is CC/C=C\C/C=C\C/C=C\C/C=C\C/C=C\CCCCCCCCCCCC(=O)OC(/C=C\CCCCCCCCCCCCC)C(COP(=O)([O-])OCC[N+](C)(C)C)NC(=O)CCCCCCCC/C=C\C/C=C\C/C=C\CCCCC. The molecule has 0 heterocycles. The first-order chi connectivity index (χ1) is 40.4. The fourth-order valence-electron chi connectivity index (χ4n) is 9.44. The number of phosphoric acid groups is 1. The number of carbonyl (C=O) groups is 2. The van der Waals surface area contributed by atoms with Crippen LogP contribution in [0.2, 0.25) is 0 Å². The first-order valence-corrected chi connectivity index (χ1v) is 35.7. The van der Waals surface area contributed by atoms with Crippen molar-refractivity contribution in [1.82, 2.24) is 5.32 Å². The number of esters is 1. The van der Waals surface area contributed by atoms with Crippen LogP contribution in [0.5, 0.6) is 0 Å². The van der Waals surface area contributed by atoms with Crippen molar-refractivity contribution < 1.29 is 37.3 Å². The van der Waals surface area contributed by atoms with E-state index >= 15 is 0 Å². The summed E-state index contributed by atoms with van der Waals surface area (Å²) >= 11 is 0. The second kappa shape index (κ2) is 61.7.